The van der Waals surface area contributed by atoms with Crippen LogP contribution in [0.25, 0.3) is 22.4 Å². The Kier molecular flexibility index (Phi) is 4.90. The zero-order chi connectivity index (χ0) is 18.4. The Labute approximate surface area is 164 Å². The van der Waals surface area contributed by atoms with Gasteiger partial charge in [0.2, 0.25) is 0 Å². The van der Waals surface area contributed by atoms with Gasteiger partial charge in [0, 0.05) is 23.5 Å². The Bertz CT molecular complexity index is 1010. The first kappa shape index (κ1) is 18.6. The summed E-state index contributed by atoms with van der Waals surface area (Å²) in [6, 6.07) is 14.5. The van der Waals surface area contributed by atoms with E-state index in [1.807, 2.05) is 24.3 Å². The van der Waals surface area contributed by atoms with E-state index >= 15 is 0 Å². The van der Waals surface area contributed by atoms with E-state index in [0.717, 1.165) is 57.8 Å². The van der Waals surface area contributed by atoms with E-state index in [1.54, 1.807) is 12.1 Å². The third-order valence-corrected chi connectivity index (χ3v) is 5.44. The number of pyridine rings is 1. The van der Waals surface area contributed by atoms with Gasteiger partial charge in [-0.25, -0.2) is 4.39 Å². The van der Waals surface area contributed by atoms with Crippen LogP contribution in [0.2, 0.25) is 0 Å². The van der Waals surface area contributed by atoms with E-state index in [1.165, 1.54) is 12.1 Å². The highest BCUT2D eigenvalue weighted by Crippen LogP contribution is 2.47. The molecule has 3 aromatic rings. The van der Waals surface area contributed by atoms with E-state index in [4.69, 9.17) is 9.72 Å². The molecule has 0 amide bonds. The number of rotatable bonds is 3. The molecule has 1 saturated carbocycles. The van der Waals surface area contributed by atoms with Gasteiger partial charge >= 0.3 is 0 Å². The smallest absolute Gasteiger partial charge is 0.128 e. The van der Waals surface area contributed by atoms with Crippen LogP contribution >= 0.6 is 0 Å². The van der Waals surface area contributed by atoms with Crippen molar-refractivity contribution in [2.75, 3.05) is 6.61 Å². The summed E-state index contributed by atoms with van der Waals surface area (Å²) in [6.45, 7) is 0.481. The molecule has 2 aromatic carbocycles. The van der Waals surface area contributed by atoms with Crippen molar-refractivity contribution in [1.29, 1.82) is 0 Å². The second-order valence-electron chi connectivity index (χ2n) is 7.21. The molecule has 3 nitrogen and oxygen atoms in total. The number of para-hydroxylation sites is 1. The molecule has 2 heterocycles. The van der Waals surface area contributed by atoms with Crippen molar-refractivity contribution in [2.24, 2.45) is 0 Å². The van der Waals surface area contributed by atoms with Gasteiger partial charge in [-0.05, 0) is 53.8 Å². The number of aromatic nitrogens is 1. The number of aliphatic hydroxyl groups excluding tert-OH is 1. The zero-order valence-electron chi connectivity index (χ0n) is 14.9. The van der Waals surface area contributed by atoms with Crippen LogP contribution in [0.15, 0.2) is 48.5 Å². The van der Waals surface area contributed by atoms with Gasteiger partial charge in [-0.3, -0.25) is 4.98 Å². The third-order valence-electron chi connectivity index (χ3n) is 5.44. The van der Waals surface area contributed by atoms with Crippen LogP contribution < -0.4 is 4.74 Å². The molecule has 0 bridgehead atoms. The Morgan fingerprint density at radius 1 is 1.07 bits per heavy atom. The van der Waals surface area contributed by atoms with Gasteiger partial charge < -0.3 is 9.84 Å². The fraction of sp³-hybridized carbons (Fsp3) is 0.292. The summed E-state index contributed by atoms with van der Waals surface area (Å²) in [6.07, 6.45) is 2.89. The third kappa shape index (κ3) is 3.08. The summed E-state index contributed by atoms with van der Waals surface area (Å²) in [5.74, 6) is 0.973. The van der Waals surface area contributed by atoms with Crippen LogP contribution in [0.5, 0.6) is 5.75 Å². The fourth-order valence-electron chi connectivity index (χ4n) is 4.02. The molecule has 4 heteroatoms. The second-order valence-corrected chi connectivity index (χ2v) is 7.21. The molecule has 28 heavy (non-hydrogen) atoms. The maximum atomic E-state index is 13.5. The van der Waals surface area contributed by atoms with Crippen LogP contribution in [0, 0.1) is 5.82 Å². The van der Waals surface area contributed by atoms with Gasteiger partial charge in [-0.15, -0.1) is 0 Å². The summed E-state index contributed by atoms with van der Waals surface area (Å²) in [7, 11) is 0. The van der Waals surface area contributed by atoms with E-state index < -0.39 is 0 Å². The van der Waals surface area contributed by atoms with Crippen molar-refractivity contribution in [1.82, 2.24) is 4.98 Å². The molecule has 0 radical (unpaired) electrons. The molecular formula is C24H24FNO2. The molecule has 0 unspecified atom stereocenters. The average molecular weight is 377 g/mol. The first-order valence-electron chi connectivity index (χ1n) is 9.41. The number of nitrogens with zero attached hydrogens (tertiary/aromatic N) is 1. The molecule has 1 fully saturated rings. The SMILES string of the molecule is C.OCc1c(C2CC2)nc2c(c1-c1ccc(F)cc1)CCOc1ccccc1-2. The van der Waals surface area contributed by atoms with Crippen molar-refractivity contribution in [3.05, 3.63) is 71.2 Å². The summed E-state index contributed by atoms with van der Waals surface area (Å²) in [5, 5.41) is 10.2. The number of aliphatic hydroxyl groups is 1. The zero-order valence-corrected chi connectivity index (χ0v) is 14.9. The van der Waals surface area contributed by atoms with Crippen molar-refractivity contribution in [3.8, 4) is 28.1 Å². The highest BCUT2D eigenvalue weighted by atomic mass is 19.1. The summed E-state index contributed by atoms with van der Waals surface area (Å²) >= 11 is 0. The number of fused-ring (bicyclic) bond motifs is 3. The number of benzene rings is 2. The molecular weight excluding hydrogens is 353 g/mol. The lowest BCUT2D eigenvalue weighted by atomic mass is 9.88. The predicted molar refractivity (Wildman–Crippen MR) is 109 cm³/mol. The van der Waals surface area contributed by atoms with Crippen molar-refractivity contribution >= 4 is 0 Å². The Morgan fingerprint density at radius 3 is 2.54 bits per heavy atom. The molecule has 5 rings (SSSR count). The van der Waals surface area contributed by atoms with Crippen LogP contribution in [-0.4, -0.2) is 16.7 Å². The van der Waals surface area contributed by atoms with Crippen LogP contribution in [0.4, 0.5) is 4.39 Å². The number of hydrogen-bond acceptors (Lipinski definition) is 3. The van der Waals surface area contributed by atoms with Crippen molar-refractivity contribution in [3.63, 3.8) is 0 Å². The maximum absolute atomic E-state index is 13.5. The average Bonchev–Trinajstić information content (AvgIpc) is 3.54. The van der Waals surface area contributed by atoms with Gasteiger partial charge in [0.15, 0.2) is 0 Å². The van der Waals surface area contributed by atoms with E-state index in [-0.39, 0.29) is 19.9 Å². The molecule has 0 atom stereocenters. The monoisotopic (exact) mass is 377 g/mol. The lowest BCUT2D eigenvalue weighted by molar-refractivity contribution is 0.280. The first-order chi connectivity index (χ1) is 13.3. The number of ether oxygens (including phenoxy) is 1. The molecule has 1 aliphatic carbocycles. The van der Waals surface area contributed by atoms with Crippen molar-refractivity contribution < 1.29 is 14.2 Å². The van der Waals surface area contributed by atoms with E-state index in [2.05, 4.69) is 0 Å². The lowest BCUT2D eigenvalue weighted by Gasteiger charge is -2.20. The highest BCUT2D eigenvalue weighted by Gasteiger charge is 2.32. The summed E-state index contributed by atoms with van der Waals surface area (Å²) in [4.78, 5) is 5.04. The molecule has 0 saturated heterocycles. The minimum absolute atomic E-state index is 0. The predicted octanol–water partition coefficient (Wildman–Crippen LogP) is 5.50. The Morgan fingerprint density at radius 2 is 1.82 bits per heavy atom. The quantitative estimate of drug-likeness (QED) is 0.656. The molecule has 1 aromatic heterocycles. The van der Waals surface area contributed by atoms with Gasteiger partial charge in [0.05, 0.1) is 24.6 Å². The van der Waals surface area contributed by atoms with E-state index in [9.17, 15) is 9.50 Å². The second kappa shape index (κ2) is 7.36. The minimum atomic E-state index is -0.263. The Hall–Kier alpha value is -2.72. The standard InChI is InChI=1S/C23H20FNO2.CH4/c24-16-9-7-14(8-10-16)21-18-11-12-27-20-4-2-1-3-17(20)23(18)25-22(15-5-6-15)19(21)13-26;/h1-4,7-10,15,26H,5-6,11-13H2;1H4. The van der Waals surface area contributed by atoms with Gasteiger partial charge in [0.25, 0.3) is 0 Å². The topological polar surface area (TPSA) is 42.4 Å². The van der Waals surface area contributed by atoms with E-state index in [0.29, 0.717) is 18.9 Å². The maximum Gasteiger partial charge on any atom is 0.128 e. The molecule has 2 aliphatic rings. The number of hydrogen-bond donors (Lipinski definition) is 1. The first-order valence-corrected chi connectivity index (χ1v) is 9.41. The molecule has 144 valence electrons. The van der Waals surface area contributed by atoms with Crippen LogP contribution in [-0.2, 0) is 13.0 Å². The van der Waals surface area contributed by atoms with Crippen LogP contribution in [0.3, 0.4) is 0 Å². The molecule has 1 aliphatic heterocycles. The normalized spacial score (nSPS) is 14.9. The summed E-state index contributed by atoms with van der Waals surface area (Å²) in [5.41, 5.74) is 6.75. The van der Waals surface area contributed by atoms with Gasteiger partial charge in [-0.2, -0.15) is 0 Å². The molecule has 1 N–H and O–H groups in total. The fourth-order valence-corrected chi connectivity index (χ4v) is 4.02. The minimum Gasteiger partial charge on any atom is -0.493 e. The highest BCUT2D eigenvalue weighted by molar-refractivity contribution is 5.82. The van der Waals surface area contributed by atoms with Crippen molar-refractivity contribution in [2.45, 2.75) is 39.2 Å². The van der Waals surface area contributed by atoms with Gasteiger partial charge in [-0.1, -0.05) is 31.7 Å². The largest absolute Gasteiger partial charge is 0.493 e. The number of halogens is 1. The Balaban J connectivity index is 0.00000192. The van der Waals surface area contributed by atoms with Crippen LogP contribution in [0.1, 0.15) is 43.0 Å². The van der Waals surface area contributed by atoms with Gasteiger partial charge in [0.1, 0.15) is 11.6 Å². The lowest BCUT2D eigenvalue weighted by Crippen LogP contribution is -2.08. The molecule has 0 spiro atoms. The summed E-state index contributed by atoms with van der Waals surface area (Å²) < 4.78 is 19.5.